The standard InChI is InChI=1S/C13H8Br2ClNO/c14-8-3-7(4-9(16)5-8)13(18)11-2-1-10(17)6-12(11)15/h1-6H,17H2. The molecule has 0 atom stereocenters. The summed E-state index contributed by atoms with van der Waals surface area (Å²) in [6.07, 6.45) is 0. The van der Waals surface area contributed by atoms with Crippen molar-refractivity contribution >= 4 is 54.9 Å². The van der Waals surface area contributed by atoms with E-state index in [0.717, 1.165) is 4.47 Å². The lowest BCUT2D eigenvalue weighted by Crippen LogP contribution is -2.03. The van der Waals surface area contributed by atoms with Crippen LogP contribution in [0.1, 0.15) is 15.9 Å². The quantitative estimate of drug-likeness (QED) is 0.599. The van der Waals surface area contributed by atoms with E-state index >= 15 is 0 Å². The molecule has 5 heteroatoms. The number of nitrogen functional groups attached to an aromatic ring is 1. The third-order valence-corrected chi connectivity index (χ3v) is 3.69. The van der Waals surface area contributed by atoms with E-state index in [1.807, 2.05) is 0 Å². The third kappa shape index (κ3) is 2.94. The maximum absolute atomic E-state index is 12.3. The first-order chi connectivity index (χ1) is 8.47. The molecule has 0 aromatic heterocycles. The molecule has 0 aliphatic carbocycles. The Kier molecular flexibility index (Phi) is 4.10. The van der Waals surface area contributed by atoms with Gasteiger partial charge in [0.15, 0.2) is 5.78 Å². The zero-order valence-corrected chi connectivity index (χ0v) is 13.0. The number of halogens is 3. The Labute approximate surface area is 126 Å². The molecule has 18 heavy (non-hydrogen) atoms. The summed E-state index contributed by atoms with van der Waals surface area (Å²) in [5.74, 6) is -0.106. The zero-order valence-electron chi connectivity index (χ0n) is 9.08. The first-order valence-corrected chi connectivity index (χ1v) is 6.99. The SMILES string of the molecule is Nc1ccc(C(=O)c2cc(Cl)cc(Br)c2)c(Br)c1. The predicted molar refractivity (Wildman–Crippen MR) is 81.1 cm³/mol. The van der Waals surface area contributed by atoms with Gasteiger partial charge in [-0.1, -0.05) is 27.5 Å². The molecule has 0 aliphatic rings. The average Bonchev–Trinajstić information content (AvgIpc) is 2.26. The number of rotatable bonds is 2. The Balaban J connectivity index is 2.47. The molecule has 92 valence electrons. The van der Waals surface area contributed by atoms with Crippen LogP contribution in [-0.4, -0.2) is 5.78 Å². The summed E-state index contributed by atoms with van der Waals surface area (Å²) in [5.41, 5.74) is 7.33. The fourth-order valence-electron chi connectivity index (χ4n) is 1.56. The minimum absolute atomic E-state index is 0.106. The third-order valence-electron chi connectivity index (χ3n) is 2.36. The molecular formula is C13H8Br2ClNO. The summed E-state index contributed by atoms with van der Waals surface area (Å²) < 4.78 is 1.44. The molecule has 2 rings (SSSR count). The highest BCUT2D eigenvalue weighted by Crippen LogP contribution is 2.26. The highest BCUT2D eigenvalue weighted by Gasteiger charge is 2.13. The maximum Gasteiger partial charge on any atom is 0.194 e. The van der Waals surface area contributed by atoms with Crippen LogP contribution in [0.5, 0.6) is 0 Å². The predicted octanol–water partition coefficient (Wildman–Crippen LogP) is 4.68. The molecule has 2 N–H and O–H groups in total. The van der Waals surface area contributed by atoms with Crippen molar-refractivity contribution in [1.29, 1.82) is 0 Å². The van der Waals surface area contributed by atoms with Crippen molar-refractivity contribution < 1.29 is 4.79 Å². The van der Waals surface area contributed by atoms with Crippen molar-refractivity contribution in [3.05, 3.63) is 61.5 Å². The smallest absolute Gasteiger partial charge is 0.194 e. The minimum atomic E-state index is -0.106. The van der Waals surface area contributed by atoms with Gasteiger partial charge in [0, 0.05) is 30.8 Å². The molecule has 0 saturated carbocycles. The summed E-state index contributed by atoms with van der Waals surface area (Å²) in [4.78, 5) is 12.3. The first-order valence-electron chi connectivity index (χ1n) is 5.03. The fourth-order valence-corrected chi connectivity index (χ4v) is 2.99. The first kappa shape index (κ1) is 13.6. The highest BCUT2D eigenvalue weighted by atomic mass is 79.9. The molecule has 2 nitrogen and oxygen atoms in total. The number of ketones is 1. The lowest BCUT2D eigenvalue weighted by Gasteiger charge is -2.06. The van der Waals surface area contributed by atoms with E-state index in [2.05, 4.69) is 31.9 Å². The van der Waals surface area contributed by atoms with Crippen LogP contribution in [0.2, 0.25) is 5.02 Å². The van der Waals surface area contributed by atoms with Crippen LogP contribution in [0.15, 0.2) is 45.3 Å². The lowest BCUT2D eigenvalue weighted by molar-refractivity contribution is 0.103. The normalized spacial score (nSPS) is 10.4. The van der Waals surface area contributed by atoms with Gasteiger partial charge >= 0.3 is 0 Å². The van der Waals surface area contributed by atoms with E-state index in [4.69, 9.17) is 17.3 Å². The Morgan fingerprint density at radius 1 is 1.11 bits per heavy atom. The number of benzene rings is 2. The average molecular weight is 389 g/mol. The number of carbonyl (C=O) groups excluding carboxylic acids is 1. The van der Waals surface area contributed by atoms with Crippen molar-refractivity contribution in [3.63, 3.8) is 0 Å². The van der Waals surface area contributed by atoms with Crippen LogP contribution in [0.25, 0.3) is 0 Å². The van der Waals surface area contributed by atoms with Crippen LogP contribution in [-0.2, 0) is 0 Å². The van der Waals surface area contributed by atoms with E-state index < -0.39 is 0 Å². The van der Waals surface area contributed by atoms with Gasteiger partial charge in [-0.05, 0) is 52.3 Å². The monoisotopic (exact) mass is 387 g/mol. The van der Waals surface area contributed by atoms with Gasteiger partial charge in [-0.2, -0.15) is 0 Å². The van der Waals surface area contributed by atoms with Gasteiger partial charge in [0.05, 0.1) is 0 Å². The molecule has 2 aromatic carbocycles. The van der Waals surface area contributed by atoms with Crippen molar-refractivity contribution in [3.8, 4) is 0 Å². The van der Waals surface area contributed by atoms with Crippen molar-refractivity contribution in [1.82, 2.24) is 0 Å². The van der Waals surface area contributed by atoms with Gasteiger partial charge in [-0.25, -0.2) is 0 Å². The summed E-state index contributed by atoms with van der Waals surface area (Å²) in [7, 11) is 0. The van der Waals surface area contributed by atoms with Crippen molar-refractivity contribution in [2.45, 2.75) is 0 Å². The molecule has 0 amide bonds. The van der Waals surface area contributed by atoms with E-state index in [1.165, 1.54) is 0 Å². The molecule has 2 aromatic rings. The number of anilines is 1. The molecule has 0 fully saturated rings. The second kappa shape index (κ2) is 5.43. The van der Waals surface area contributed by atoms with Gasteiger partial charge in [0.2, 0.25) is 0 Å². The van der Waals surface area contributed by atoms with Crippen LogP contribution in [0.4, 0.5) is 5.69 Å². The van der Waals surface area contributed by atoms with Gasteiger partial charge in [-0.15, -0.1) is 0 Å². The molecular weight excluding hydrogens is 381 g/mol. The molecule has 0 spiro atoms. The van der Waals surface area contributed by atoms with Gasteiger partial charge < -0.3 is 5.73 Å². The van der Waals surface area contributed by atoms with Crippen LogP contribution < -0.4 is 5.73 Å². The topological polar surface area (TPSA) is 43.1 Å². The Morgan fingerprint density at radius 2 is 1.83 bits per heavy atom. The van der Waals surface area contributed by atoms with E-state index in [1.54, 1.807) is 36.4 Å². The molecule has 0 bridgehead atoms. The Hall–Kier alpha value is -0.840. The summed E-state index contributed by atoms with van der Waals surface area (Å²) in [5, 5.41) is 0.513. The van der Waals surface area contributed by atoms with E-state index in [0.29, 0.717) is 26.3 Å². The Morgan fingerprint density at radius 3 is 2.44 bits per heavy atom. The van der Waals surface area contributed by atoms with Gasteiger partial charge in [-0.3, -0.25) is 4.79 Å². The summed E-state index contributed by atoms with van der Waals surface area (Å²) >= 11 is 12.6. The van der Waals surface area contributed by atoms with Crippen molar-refractivity contribution in [2.24, 2.45) is 0 Å². The van der Waals surface area contributed by atoms with Crippen LogP contribution in [0.3, 0.4) is 0 Å². The minimum Gasteiger partial charge on any atom is -0.399 e. The zero-order chi connectivity index (χ0) is 13.3. The van der Waals surface area contributed by atoms with Gasteiger partial charge in [0.1, 0.15) is 0 Å². The maximum atomic E-state index is 12.3. The van der Waals surface area contributed by atoms with Crippen LogP contribution in [0, 0.1) is 0 Å². The Bertz CT molecular complexity index is 608. The summed E-state index contributed by atoms with van der Waals surface area (Å²) in [6.45, 7) is 0. The molecule has 0 saturated heterocycles. The highest BCUT2D eigenvalue weighted by molar-refractivity contribution is 9.10. The molecule has 0 unspecified atom stereocenters. The summed E-state index contributed by atoms with van der Waals surface area (Å²) in [6, 6.07) is 10.2. The number of carbonyl (C=O) groups is 1. The molecule has 0 radical (unpaired) electrons. The molecule has 0 heterocycles. The largest absolute Gasteiger partial charge is 0.399 e. The second-order valence-corrected chi connectivity index (χ2v) is 5.93. The number of hydrogen-bond donors (Lipinski definition) is 1. The van der Waals surface area contributed by atoms with E-state index in [9.17, 15) is 4.79 Å². The van der Waals surface area contributed by atoms with Crippen LogP contribution >= 0.6 is 43.5 Å². The van der Waals surface area contributed by atoms with Gasteiger partial charge in [0.25, 0.3) is 0 Å². The number of hydrogen-bond acceptors (Lipinski definition) is 2. The van der Waals surface area contributed by atoms with E-state index in [-0.39, 0.29) is 5.78 Å². The lowest BCUT2D eigenvalue weighted by atomic mass is 10.0. The van der Waals surface area contributed by atoms with Crippen molar-refractivity contribution in [2.75, 3.05) is 5.73 Å². The fraction of sp³-hybridized carbons (Fsp3) is 0. The molecule has 0 aliphatic heterocycles. The second-order valence-electron chi connectivity index (χ2n) is 3.73. The number of nitrogens with two attached hydrogens (primary N) is 1.